The predicted octanol–water partition coefficient (Wildman–Crippen LogP) is 1.21. The second-order valence-electron chi connectivity index (χ2n) is 3.70. The van der Waals surface area contributed by atoms with Gasteiger partial charge in [0, 0.05) is 25.0 Å². The quantitative estimate of drug-likeness (QED) is 0.782. The minimum atomic E-state index is 0.247. The van der Waals surface area contributed by atoms with Crippen molar-refractivity contribution in [3.63, 3.8) is 0 Å². The van der Waals surface area contributed by atoms with Crippen LogP contribution in [0.1, 0.15) is 24.4 Å². The van der Waals surface area contributed by atoms with Crippen molar-refractivity contribution < 1.29 is 5.11 Å². The number of pyridine rings is 1. The monoisotopic (exact) mass is 192 g/mol. The largest absolute Gasteiger partial charge is 0.395 e. The molecule has 1 saturated heterocycles. The summed E-state index contributed by atoms with van der Waals surface area (Å²) in [6, 6.07) is 4.56. The Morgan fingerprint density at radius 1 is 1.57 bits per heavy atom. The molecule has 0 radical (unpaired) electrons. The molecule has 0 amide bonds. The highest BCUT2D eigenvalue weighted by Gasteiger charge is 2.24. The number of rotatable bonds is 3. The van der Waals surface area contributed by atoms with Gasteiger partial charge in [-0.15, -0.1) is 0 Å². The second kappa shape index (κ2) is 4.53. The van der Waals surface area contributed by atoms with Crippen molar-refractivity contribution in [2.75, 3.05) is 19.7 Å². The number of β-amino-alcohol motifs (C(OH)–C–C–N with tert-alkyl or cyclic N) is 1. The number of aliphatic hydroxyl groups excluding tert-OH is 1. The second-order valence-corrected chi connectivity index (χ2v) is 3.70. The molecule has 1 aliphatic heterocycles. The minimum Gasteiger partial charge on any atom is -0.395 e. The van der Waals surface area contributed by atoms with Crippen LogP contribution in [0, 0.1) is 0 Å². The number of aliphatic hydroxyl groups is 1. The van der Waals surface area contributed by atoms with E-state index < -0.39 is 0 Å². The maximum atomic E-state index is 8.93. The van der Waals surface area contributed by atoms with Crippen molar-refractivity contribution in [1.82, 2.24) is 9.88 Å². The van der Waals surface area contributed by atoms with E-state index in [1.807, 2.05) is 12.3 Å². The Bertz CT molecular complexity index is 276. The van der Waals surface area contributed by atoms with Gasteiger partial charge in [-0.25, -0.2) is 0 Å². The molecule has 3 nitrogen and oxygen atoms in total. The third-order valence-corrected chi connectivity index (χ3v) is 2.82. The predicted molar refractivity (Wildman–Crippen MR) is 54.9 cm³/mol. The molecule has 1 aromatic rings. The van der Waals surface area contributed by atoms with Crippen LogP contribution in [0.2, 0.25) is 0 Å². The molecular formula is C11H16N2O. The summed E-state index contributed by atoms with van der Waals surface area (Å²) in [6.07, 6.45) is 6.14. The Labute approximate surface area is 84.4 Å². The Morgan fingerprint density at radius 3 is 3.21 bits per heavy atom. The standard InChI is InChI=1S/C11H16N2O/c14-8-7-13-6-2-4-11(13)10-3-1-5-12-9-10/h1,3,5,9,11,14H,2,4,6-8H2. The molecule has 1 aliphatic rings. The fourth-order valence-corrected chi connectivity index (χ4v) is 2.17. The molecule has 1 N–H and O–H groups in total. The SMILES string of the molecule is OCCN1CCCC1c1cccnc1. The molecule has 1 fully saturated rings. The van der Waals surface area contributed by atoms with Crippen molar-refractivity contribution in [2.24, 2.45) is 0 Å². The van der Waals surface area contributed by atoms with Gasteiger partial charge in [-0.2, -0.15) is 0 Å². The summed E-state index contributed by atoms with van der Waals surface area (Å²) in [5, 5.41) is 8.93. The van der Waals surface area contributed by atoms with E-state index in [9.17, 15) is 0 Å². The zero-order chi connectivity index (χ0) is 9.80. The zero-order valence-electron chi connectivity index (χ0n) is 8.26. The summed E-state index contributed by atoms with van der Waals surface area (Å²) in [4.78, 5) is 6.47. The lowest BCUT2D eigenvalue weighted by molar-refractivity contribution is 0.185. The first-order valence-corrected chi connectivity index (χ1v) is 5.16. The van der Waals surface area contributed by atoms with Crippen LogP contribution in [0.15, 0.2) is 24.5 Å². The van der Waals surface area contributed by atoms with E-state index in [-0.39, 0.29) is 6.61 Å². The third-order valence-electron chi connectivity index (χ3n) is 2.82. The summed E-state index contributed by atoms with van der Waals surface area (Å²) < 4.78 is 0. The van der Waals surface area contributed by atoms with Crippen molar-refractivity contribution >= 4 is 0 Å². The van der Waals surface area contributed by atoms with Gasteiger partial charge in [-0.05, 0) is 31.0 Å². The fourth-order valence-electron chi connectivity index (χ4n) is 2.17. The van der Waals surface area contributed by atoms with Crippen LogP contribution in [0.4, 0.5) is 0 Å². The summed E-state index contributed by atoms with van der Waals surface area (Å²) in [7, 11) is 0. The smallest absolute Gasteiger partial charge is 0.0558 e. The van der Waals surface area contributed by atoms with Crippen LogP contribution in [0.5, 0.6) is 0 Å². The maximum absolute atomic E-state index is 8.93. The van der Waals surface area contributed by atoms with Crippen molar-refractivity contribution in [1.29, 1.82) is 0 Å². The molecular weight excluding hydrogens is 176 g/mol. The van der Waals surface area contributed by atoms with E-state index in [1.165, 1.54) is 18.4 Å². The molecule has 2 rings (SSSR count). The molecule has 1 unspecified atom stereocenters. The van der Waals surface area contributed by atoms with E-state index in [1.54, 1.807) is 6.20 Å². The lowest BCUT2D eigenvalue weighted by atomic mass is 10.1. The van der Waals surface area contributed by atoms with Crippen LogP contribution in [-0.2, 0) is 0 Å². The highest BCUT2D eigenvalue weighted by Crippen LogP contribution is 2.30. The average molecular weight is 192 g/mol. The van der Waals surface area contributed by atoms with Gasteiger partial charge >= 0.3 is 0 Å². The Balaban J connectivity index is 2.10. The van der Waals surface area contributed by atoms with Gasteiger partial charge < -0.3 is 5.11 Å². The van der Waals surface area contributed by atoms with Crippen LogP contribution >= 0.6 is 0 Å². The summed E-state index contributed by atoms with van der Waals surface area (Å²) >= 11 is 0. The van der Waals surface area contributed by atoms with Gasteiger partial charge in [0.15, 0.2) is 0 Å². The molecule has 0 aliphatic carbocycles. The van der Waals surface area contributed by atoms with Crippen LogP contribution in [-0.4, -0.2) is 34.7 Å². The molecule has 2 heterocycles. The number of hydrogen-bond acceptors (Lipinski definition) is 3. The minimum absolute atomic E-state index is 0.247. The van der Waals surface area contributed by atoms with E-state index >= 15 is 0 Å². The van der Waals surface area contributed by atoms with E-state index in [0.717, 1.165) is 13.1 Å². The molecule has 1 atom stereocenters. The Hall–Kier alpha value is -0.930. The highest BCUT2D eigenvalue weighted by molar-refractivity contribution is 5.15. The number of hydrogen-bond donors (Lipinski definition) is 1. The Kier molecular flexibility index (Phi) is 3.11. The molecule has 76 valence electrons. The van der Waals surface area contributed by atoms with Gasteiger partial charge in [0.25, 0.3) is 0 Å². The molecule has 0 spiro atoms. The van der Waals surface area contributed by atoms with Gasteiger partial charge in [0.05, 0.1) is 6.61 Å². The molecule has 3 heteroatoms. The van der Waals surface area contributed by atoms with Crippen LogP contribution in [0.25, 0.3) is 0 Å². The zero-order valence-corrected chi connectivity index (χ0v) is 8.26. The summed E-state index contributed by atoms with van der Waals surface area (Å²) in [5.41, 5.74) is 1.28. The third kappa shape index (κ3) is 1.94. The normalized spacial score (nSPS) is 22.8. The van der Waals surface area contributed by atoms with E-state index in [4.69, 9.17) is 5.11 Å². The number of likely N-dealkylation sites (tertiary alicyclic amines) is 1. The van der Waals surface area contributed by atoms with Gasteiger partial charge in [-0.3, -0.25) is 9.88 Å². The van der Waals surface area contributed by atoms with Crippen molar-refractivity contribution in [3.8, 4) is 0 Å². The van der Waals surface area contributed by atoms with Gasteiger partial charge in [0.2, 0.25) is 0 Å². The maximum Gasteiger partial charge on any atom is 0.0558 e. The van der Waals surface area contributed by atoms with Gasteiger partial charge in [-0.1, -0.05) is 6.07 Å². The number of aromatic nitrogens is 1. The first-order valence-electron chi connectivity index (χ1n) is 5.16. The topological polar surface area (TPSA) is 36.4 Å². The van der Waals surface area contributed by atoms with E-state index in [0.29, 0.717) is 6.04 Å². The van der Waals surface area contributed by atoms with Crippen LogP contribution in [0.3, 0.4) is 0 Å². The molecule has 0 aromatic carbocycles. The highest BCUT2D eigenvalue weighted by atomic mass is 16.3. The molecule has 1 aromatic heterocycles. The van der Waals surface area contributed by atoms with Crippen LogP contribution < -0.4 is 0 Å². The first-order chi connectivity index (χ1) is 6.92. The number of nitrogens with zero attached hydrogens (tertiary/aromatic N) is 2. The molecule has 0 saturated carbocycles. The lowest BCUT2D eigenvalue weighted by Crippen LogP contribution is -2.26. The van der Waals surface area contributed by atoms with Crippen molar-refractivity contribution in [3.05, 3.63) is 30.1 Å². The average Bonchev–Trinajstić information content (AvgIpc) is 2.68. The molecule has 0 bridgehead atoms. The fraction of sp³-hybridized carbons (Fsp3) is 0.545. The molecule has 14 heavy (non-hydrogen) atoms. The summed E-state index contributed by atoms with van der Waals surface area (Å²) in [6.45, 7) is 2.12. The van der Waals surface area contributed by atoms with E-state index in [2.05, 4.69) is 16.0 Å². The Morgan fingerprint density at radius 2 is 2.50 bits per heavy atom. The van der Waals surface area contributed by atoms with Gasteiger partial charge in [0.1, 0.15) is 0 Å². The van der Waals surface area contributed by atoms with Crippen molar-refractivity contribution in [2.45, 2.75) is 18.9 Å². The lowest BCUT2D eigenvalue weighted by Gasteiger charge is -2.23. The first kappa shape index (κ1) is 9.62. The summed E-state index contributed by atoms with van der Waals surface area (Å²) in [5.74, 6) is 0.